The lowest BCUT2D eigenvalue weighted by molar-refractivity contribution is -0.154. The van der Waals surface area contributed by atoms with E-state index in [0.29, 0.717) is 19.4 Å². The number of carbonyl (C=O) groups is 2. The van der Waals surface area contributed by atoms with E-state index in [2.05, 4.69) is 0 Å². The van der Waals surface area contributed by atoms with Gasteiger partial charge in [-0.2, -0.15) is 0 Å². The van der Waals surface area contributed by atoms with E-state index in [0.717, 1.165) is 18.4 Å². The van der Waals surface area contributed by atoms with Gasteiger partial charge < -0.3 is 10.0 Å². The molecule has 2 rings (SSSR count). The van der Waals surface area contributed by atoms with Crippen molar-refractivity contribution in [3.05, 3.63) is 35.4 Å². The molecule has 0 aromatic heterocycles. The van der Waals surface area contributed by atoms with Crippen LogP contribution in [0.3, 0.4) is 0 Å². The summed E-state index contributed by atoms with van der Waals surface area (Å²) in [5.41, 5.74) is 2.31. The second-order valence-corrected chi connectivity index (χ2v) is 5.98. The lowest BCUT2D eigenvalue weighted by Crippen LogP contribution is -2.51. The van der Waals surface area contributed by atoms with Crippen molar-refractivity contribution in [2.75, 3.05) is 6.54 Å². The van der Waals surface area contributed by atoms with E-state index in [1.807, 2.05) is 38.1 Å². The van der Waals surface area contributed by atoms with Gasteiger partial charge in [-0.25, -0.2) is 4.79 Å². The molecule has 1 heterocycles. The first kappa shape index (κ1) is 15.5. The van der Waals surface area contributed by atoms with E-state index in [9.17, 15) is 14.7 Å². The molecule has 2 atom stereocenters. The average Bonchev–Trinajstić information content (AvgIpc) is 2.45. The molecule has 1 fully saturated rings. The number of hydrogen-bond acceptors (Lipinski definition) is 2. The van der Waals surface area contributed by atoms with Crippen molar-refractivity contribution in [1.82, 2.24) is 4.90 Å². The van der Waals surface area contributed by atoms with Gasteiger partial charge in [0, 0.05) is 13.0 Å². The molecule has 0 radical (unpaired) electrons. The Morgan fingerprint density at radius 1 is 1.29 bits per heavy atom. The number of aliphatic carboxylic acids is 1. The Morgan fingerprint density at radius 2 is 1.95 bits per heavy atom. The highest BCUT2D eigenvalue weighted by Crippen LogP contribution is 2.24. The number of aryl methyl sites for hydroxylation is 2. The van der Waals surface area contributed by atoms with Gasteiger partial charge in [0.25, 0.3) is 0 Å². The number of amides is 1. The van der Waals surface area contributed by atoms with Gasteiger partial charge in [-0.3, -0.25) is 4.79 Å². The summed E-state index contributed by atoms with van der Waals surface area (Å²) in [4.78, 5) is 25.3. The number of carbonyl (C=O) groups excluding carboxylic acids is 1. The molecule has 0 aliphatic carbocycles. The van der Waals surface area contributed by atoms with Gasteiger partial charge in [0.05, 0.1) is 0 Å². The van der Waals surface area contributed by atoms with Crippen LogP contribution in [0.25, 0.3) is 0 Å². The van der Waals surface area contributed by atoms with Crippen molar-refractivity contribution in [2.45, 2.75) is 45.6 Å². The van der Waals surface area contributed by atoms with E-state index in [1.165, 1.54) is 5.56 Å². The number of carboxylic acid groups (broad SMARTS) is 1. The van der Waals surface area contributed by atoms with Gasteiger partial charge in [-0.05, 0) is 37.7 Å². The molecular weight excluding hydrogens is 266 g/mol. The normalized spacial score (nSPS) is 22.1. The van der Waals surface area contributed by atoms with Crippen LogP contribution in [0.5, 0.6) is 0 Å². The summed E-state index contributed by atoms with van der Waals surface area (Å²) < 4.78 is 0. The molecule has 4 heteroatoms. The second kappa shape index (κ2) is 6.74. The molecule has 0 bridgehead atoms. The highest BCUT2D eigenvalue weighted by atomic mass is 16.4. The maximum absolute atomic E-state index is 12.4. The fourth-order valence-electron chi connectivity index (χ4n) is 2.99. The molecule has 1 aromatic rings. The summed E-state index contributed by atoms with van der Waals surface area (Å²) in [5.74, 6) is -0.903. The van der Waals surface area contributed by atoms with Gasteiger partial charge in [0.1, 0.15) is 6.04 Å². The fraction of sp³-hybridized carbons (Fsp3) is 0.529. The first-order chi connectivity index (χ1) is 9.99. The Morgan fingerprint density at radius 3 is 2.57 bits per heavy atom. The number of hydrogen-bond donors (Lipinski definition) is 1. The molecule has 21 heavy (non-hydrogen) atoms. The number of piperidine rings is 1. The van der Waals surface area contributed by atoms with Crippen LogP contribution in [0.1, 0.15) is 37.3 Å². The minimum absolute atomic E-state index is 0.0274. The third-order valence-corrected chi connectivity index (χ3v) is 4.25. The topological polar surface area (TPSA) is 57.6 Å². The molecule has 0 spiro atoms. The van der Waals surface area contributed by atoms with E-state index in [-0.39, 0.29) is 11.8 Å². The third kappa shape index (κ3) is 3.84. The number of rotatable bonds is 4. The van der Waals surface area contributed by atoms with Crippen molar-refractivity contribution in [2.24, 2.45) is 5.92 Å². The van der Waals surface area contributed by atoms with Gasteiger partial charge in [0.15, 0.2) is 0 Å². The summed E-state index contributed by atoms with van der Waals surface area (Å²) in [6.45, 7) is 4.51. The quantitative estimate of drug-likeness (QED) is 0.927. The molecule has 1 amide bonds. The molecule has 4 nitrogen and oxygen atoms in total. The minimum atomic E-state index is -0.883. The highest BCUT2D eigenvalue weighted by Gasteiger charge is 2.36. The molecule has 1 aliphatic heterocycles. The predicted octanol–water partition coefficient (Wildman–Crippen LogP) is 2.64. The smallest absolute Gasteiger partial charge is 0.326 e. The van der Waals surface area contributed by atoms with E-state index < -0.39 is 12.0 Å². The monoisotopic (exact) mass is 289 g/mol. The van der Waals surface area contributed by atoms with Crippen molar-refractivity contribution < 1.29 is 14.7 Å². The molecule has 1 aromatic carbocycles. The van der Waals surface area contributed by atoms with Crippen LogP contribution in [0.4, 0.5) is 0 Å². The largest absolute Gasteiger partial charge is 0.480 e. The Hall–Kier alpha value is -1.84. The predicted molar refractivity (Wildman–Crippen MR) is 81.0 cm³/mol. The first-order valence-electron chi connectivity index (χ1n) is 7.57. The van der Waals surface area contributed by atoms with Crippen LogP contribution in [-0.4, -0.2) is 34.5 Å². The Bertz CT molecular complexity index is 509. The molecule has 1 N–H and O–H groups in total. The maximum Gasteiger partial charge on any atom is 0.326 e. The zero-order valence-electron chi connectivity index (χ0n) is 12.7. The SMILES string of the molecule is Cc1ccc(CCC(=O)N2CCCC(C)C2C(=O)O)cc1. The maximum atomic E-state index is 12.4. The van der Waals surface area contributed by atoms with E-state index in [1.54, 1.807) is 4.90 Å². The van der Waals surface area contributed by atoms with E-state index in [4.69, 9.17) is 0 Å². The Kier molecular flexibility index (Phi) is 4.99. The van der Waals surface area contributed by atoms with Gasteiger partial charge in [-0.1, -0.05) is 36.8 Å². The first-order valence-corrected chi connectivity index (χ1v) is 7.57. The van der Waals surface area contributed by atoms with Crippen LogP contribution in [-0.2, 0) is 16.0 Å². The van der Waals surface area contributed by atoms with Crippen LogP contribution in [0.15, 0.2) is 24.3 Å². The zero-order chi connectivity index (χ0) is 15.4. The standard InChI is InChI=1S/C17H23NO3/c1-12-5-7-14(8-6-12)9-10-15(19)18-11-3-4-13(2)16(18)17(20)21/h5-8,13,16H,3-4,9-11H2,1-2H3,(H,20,21). The van der Waals surface area contributed by atoms with Gasteiger partial charge in [0.2, 0.25) is 5.91 Å². The van der Waals surface area contributed by atoms with Crippen LogP contribution >= 0.6 is 0 Å². The Balaban J connectivity index is 1.98. The van der Waals surface area contributed by atoms with Gasteiger partial charge >= 0.3 is 5.97 Å². The average molecular weight is 289 g/mol. The van der Waals surface area contributed by atoms with Crippen molar-refractivity contribution >= 4 is 11.9 Å². The molecular formula is C17H23NO3. The third-order valence-electron chi connectivity index (χ3n) is 4.25. The molecule has 1 saturated heterocycles. The second-order valence-electron chi connectivity index (χ2n) is 5.98. The zero-order valence-corrected chi connectivity index (χ0v) is 12.7. The molecule has 1 aliphatic rings. The summed E-state index contributed by atoms with van der Waals surface area (Å²) in [6, 6.07) is 7.45. The van der Waals surface area contributed by atoms with E-state index >= 15 is 0 Å². The number of likely N-dealkylation sites (tertiary alicyclic amines) is 1. The minimum Gasteiger partial charge on any atom is -0.480 e. The summed E-state index contributed by atoms with van der Waals surface area (Å²) in [6.07, 6.45) is 2.80. The molecule has 0 saturated carbocycles. The summed E-state index contributed by atoms with van der Waals surface area (Å²) in [7, 11) is 0. The molecule has 114 valence electrons. The van der Waals surface area contributed by atoms with Crippen molar-refractivity contribution in [3.63, 3.8) is 0 Å². The number of nitrogens with zero attached hydrogens (tertiary/aromatic N) is 1. The summed E-state index contributed by atoms with van der Waals surface area (Å²) in [5, 5.41) is 9.35. The number of benzene rings is 1. The highest BCUT2D eigenvalue weighted by molar-refractivity contribution is 5.84. The van der Waals surface area contributed by atoms with Crippen LogP contribution < -0.4 is 0 Å². The van der Waals surface area contributed by atoms with Crippen molar-refractivity contribution in [3.8, 4) is 0 Å². The van der Waals surface area contributed by atoms with Gasteiger partial charge in [-0.15, -0.1) is 0 Å². The lowest BCUT2D eigenvalue weighted by Gasteiger charge is -2.37. The molecule has 2 unspecified atom stereocenters. The van der Waals surface area contributed by atoms with Crippen molar-refractivity contribution in [1.29, 1.82) is 0 Å². The fourth-order valence-corrected chi connectivity index (χ4v) is 2.99. The lowest BCUT2D eigenvalue weighted by atomic mass is 9.90. The number of carboxylic acids is 1. The van der Waals surface area contributed by atoms with Crippen LogP contribution in [0, 0.1) is 12.8 Å². The summed E-state index contributed by atoms with van der Waals surface area (Å²) >= 11 is 0. The Labute approximate surface area is 125 Å². The van der Waals surface area contributed by atoms with Crippen LogP contribution in [0.2, 0.25) is 0 Å².